The van der Waals surface area contributed by atoms with Crippen LogP contribution in [-0.2, 0) is 0 Å². The minimum atomic E-state index is 0.296. The molecule has 1 N–H and O–H groups in total. The van der Waals surface area contributed by atoms with Crippen molar-refractivity contribution in [3.63, 3.8) is 0 Å². The zero-order valence-electron chi connectivity index (χ0n) is 7.54. The van der Waals surface area contributed by atoms with Gasteiger partial charge in [-0.1, -0.05) is 12.7 Å². The molecule has 0 unspecified atom stereocenters. The van der Waals surface area contributed by atoms with Gasteiger partial charge in [-0.2, -0.15) is 0 Å². The molecule has 1 atom stereocenters. The maximum Gasteiger partial charge on any atom is 0.0576 e. The number of nitrogens with zero attached hydrogens (tertiary/aromatic N) is 1. The van der Waals surface area contributed by atoms with Gasteiger partial charge in [-0.25, -0.2) is 0 Å². The van der Waals surface area contributed by atoms with Gasteiger partial charge in [0, 0.05) is 12.2 Å². The monoisotopic (exact) mass is 162 g/mol. The van der Waals surface area contributed by atoms with Gasteiger partial charge in [0.1, 0.15) is 0 Å². The molecule has 1 rings (SSSR count). The molecule has 1 heterocycles. The van der Waals surface area contributed by atoms with Crippen LogP contribution in [0.25, 0.3) is 6.08 Å². The van der Waals surface area contributed by atoms with Crippen LogP contribution in [0.5, 0.6) is 0 Å². The summed E-state index contributed by atoms with van der Waals surface area (Å²) in [6.45, 7) is 5.79. The lowest BCUT2D eigenvalue weighted by Crippen LogP contribution is -2.13. The van der Waals surface area contributed by atoms with Gasteiger partial charge in [-0.15, -0.1) is 0 Å². The molecule has 0 spiro atoms. The van der Waals surface area contributed by atoms with Crippen molar-refractivity contribution in [1.82, 2.24) is 10.3 Å². The van der Waals surface area contributed by atoms with E-state index in [1.807, 2.05) is 25.3 Å². The van der Waals surface area contributed by atoms with Gasteiger partial charge in [-0.3, -0.25) is 4.98 Å². The van der Waals surface area contributed by atoms with E-state index in [4.69, 9.17) is 0 Å². The Labute approximate surface area is 73.3 Å². The van der Waals surface area contributed by atoms with E-state index in [0.717, 1.165) is 11.3 Å². The zero-order chi connectivity index (χ0) is 8.97. The highest BCUT2D eigenvalue weighted by Crippen LogP contribution is 2.10. The van der Waals surface area contributed by atoms with Crippen molar-refractivity contribution >= 4 is 6.08 Å². The van der Waals surface area contributed by atoms with E-state index >= 15 is 0 Å². The fraction of sp³-hybridized carbons (Fsp3) is 0.300. The average Bonchev–Trinajstić information content (AvgIpc) is 2.17. The van der Waals surface area contributed by atoms with Gasteiger partial charge in [0.05, 0.1) is 5.69 Å². The third-order valence-corrected chi connectivity index (χ3v) is 1.92. The molecule has 0 amide bonds. The number of hydrogen-bond donors (Lipinski definition) is 1. The molecular formula is C10H14N2. The van der Waals surface area contributed by atoms with Gasteiger partial charge < -0.3 is 5.32 Å². The van der Waals surface area contributed by atoms with Crippen molar-refractivity contribution in [3.05, 3.63) is 36.2 Å². The van der Waals surface area contributed by atoms with Gasteiger partial charge >= 0.3 is 0 Å². The molecule has 0 fully saturated rings. The highest BCUT2D eigenvalue weighted by atomic mass is 14.9. The molecule has 2 heteroatoms. The molecule has 0 aromatic carbocycles. The number of nitrogens with one attached hydrogen (secondary N) is 1. The number of pyridine rings is 1. The molecule has 0 aliphatic rings. The molecule has 1 aromatic rings. The Kier molecular flexibility index (Phi) is 3.00. The van der Waals surface area contributed by atoms with E-state index in [2.05, 4.69) is 23.8 Å². The Morgan fingerprint density at radius 2 is 2.42 bits per heavy atom. The Balaban J connectivity index is 2.93. The largest absolute Gasteiger partial charge is 0.312 e. The molecule has 0 aliphatic carbocycles. The van der Waals surface area contributed by atoms with Crippen LogP contribution < -0.4 is 5.32 Å². The Bertz CT molecular complexity index is 268. The lowest BCUT2D eigenvalue weighted by atomic mass is 10.1. The van der Waals surface area contributed by atoms with E-state index in [1.54, 1.807) is 6.20 Å². The van der Waals surface area contributed by atoms with E-state index in [0.29, 0.717) is 6.04 Å². The van der Waals surface area contributed by atoms with Crippen molar-refractivity contribution in [2.24, 2.45) is 0 Å². The van der Waals surface area contributed by atoms with Gasteiger partial charge in [-0.05, 0) is 31.7 Å². The summed E-state index contributed by atoms with van der Waals surface area (Å²) in [5.74, 6) is 0. The standard InChI is InChI=1S/C10H14N2/c1-4-9-5-6-12-10(7-9)8(2)11-3/h4-8,11H,1H2,2-3H3/t8-/m1/s1. The van der Waals surface area contributed by atoms with Crippen LogP contribution in [0.1, 0.15) is 24.2 Å². The predicted octanol–water partition coefficient (Wildman–Crippen LogP) is 2.00. The Hall–Kier alpha value is -1.15. The molecular weight excluding hydrogens is 148 g/mol. The fourth-order valence-electron chi connectivity index (χ4n) is 0.977. The Morgan fingerprint density at radius 1 is 1.67 bits per heavy atom. The van der Waals surface area contributed by atoms with Crippen LogP contribution >= 0.6 is 0 Å². The normalized spacial score (nSPS) is 12.5. The van der Waals surface area contributed by atoms with Crippen molar-refractivity contribution < 1.29 is 0 Å². The highest BCUT2D eigenvalue weighted by molar-refractivity contribution is 5.46. The first-order valence-corrected chi connectivity index (χ1v) is 4.03. The smallest absolute Gasteiger partial charge is 0.0576 e. The van der Waals surface area contributed by atoms with Gasteiger partial charge in [0.2, 0.25) is 0 Å². The quantitative estimate of drug-likeness (QED) is 0.735. The van der Waals surface area contributed by atoms with E-state index in [9.17, 15) is 0 Å². The second kappa shape index (κ2) is 4.02. The van der Waals surface area contributed by atoms with Gasteiger partial charge in [0.15, 0.2) is 0 Å². The predicted molar refractivity (Wildman–Crippen MR) is 51.8 cm³/mol. The third-order valence-electron chi connectivity index (χ3n) is 1.92. The van der Waals surface area contributed by atoms with Crippen molar-refractivity contribution in [3.8, 4) is 0 Å². The van der Waals surface area contributed by atoms with Crippen LogP contribution in [0.15, 0.2) is 24.9 Å². The van der Waals surface area contributed by atoms with Crippen LogP contribution in [0.4, 0.5) is 0 Å². The lowest BCUT2D eigenvalue weighted by Gasteiger charge is -2.09. The molecule has 0 radical (unpaired) electrons. The summed E-state index contributed by atoms with van der Waals surface area (Å²) >= 11 is 0. The summed E-state index contributed by atoms with van der Waals surface area (Å²) < 4.78 is 0. The zero-order valence-corrected chi connectivity index (χ0v) is 7.54. The topological polar surface area (TPSA) is 24.9 Å². The number of rotatable bonds is 3. The average molecular weight is 162 g/mol. The second-order valence-electron chi connectivity index (χ2n) is 2.73. The molecule has 1 aromatic heterocycles. The fourth-order valence-corrected chi connectivity index (χ4v) is 0.977. The summed E-state index contributed by atoms with van der Waals surface area (Å²) in [7, 11) is 1.92. The van der Waals surface area contributed by atoms with Crippen LogP contribution in [0, 0.1) is 0 Å². The number of aromatic nitrogens is 1. The van der Waals surface area contributed by atoms with Crippen molar-refractivity contribution in [1.29, 1.82) is 0 Å². The molecule has 64 valence electrons. The van der Waals surface area contributed by atoms with Crippen LogP contribution in [-0.4, -0.2) is 12.0 Å². The second-order valence-corrected chi connectivity index (χ2v) is 2.73. The van der Waals surface area contributed by atoms with Crippen LogP contribution in [0.3, 0.4) is 0 Å². The van der Waals surface area contributed by atoms with E-state index in [-0.39, 0.29) is 0 Å². The minimum absolute atomic E-state index is 0.296. The summed E-state index contributed by atoms with van der Waals surface area (Å²) in [4.78, 5) is 4.25. The summed E-state index contributed by atoms with van der Waals surface area (Å²) in [6.07, 6.45) is 3.63. The first-order chi connectivity index (χ1) is 5.77. The summed E-state index contributed by atoms with van der Waals surface area (Å²) in [6, 6.07) is 4.28. The van der Waals surface area contributed by atoms with Crippen LogP contribution in [0.2, 0.25) is 0 Å². The first kappa shape index (κ1) is 8.94. The molecule has 0 saturated carbocycles. The number of hydrogen-bond acceptors (Lipinski definition) is 2. The first-order valence-electron chi connectivity index (χ1n) is 4.03. The SMILES string of the molecule is C=Cc1ccnc([C@@H](C)NC)c1. The summed E-state index contributed by atoms with van der Waals surface area (Å²) in [5.41, 5.74) is 2.16. The summed E-state index contributed by atoms with van der Waals surface area (Å²) in [5, 5.41) is 3.14. The van der Waals surface area contributed by atoms with E-state index < -0.39 is 0 Å². The van der Waals surface area contributed by atoms with E-state index in [1.165, 1.54) is 0 Å². The molecule has 12 heavy (non-hydrogen) atoms. The highest BCUT2D eigenvalue weighted by Gasteiger charge is 2.02. The maximum absolute atomic E-state index is 4.25. The molecule has 0 bridgehead atoms. The van der Waals surface area contributed by atoms with Crippen molar-refractivity contribution in [2.45, 2.75) is 13.0 Å². The maximum atomic E-state index is 4.25. The molecule has 0 aliphatic heterocycles. The Morgan fingerprint density at radius 3 is 3.00 bits per heavy atom. The lowest BCUT2D eigenvalue weighted by molar-refractivity contribution is 0.633. The minimum Gasteiger partial charge on any atom is -0.312 e. The van der Waals surface area contributed by atoms with Crippen molar-refractivity contribution in [2.75, 3.05) is 7.05 Å². The third kappa shape index (κ3) is 1.92. The van der Waals surface area contributed by atoms with Gasteiger partial charge in [0.25, 0.3) is 0 Å². The molecule has 2 nitrogen and oxygen atoms in total. The molecule has 0 saturated heterocycles.